The average Bonchev–Trinajstić information content (AvgIpc) is 3.39. The third kappa shape index (κ3) is 4.78. The maximum absolute atomic E-state index is 13.7. The number of carbonyl (C=O) groups is 1. The summed E-state index contributed by atoms with van der Waals surface area (Å²) in [5.41, 5.74) is 2.06. The Balaban J connectivity index is 0.000000755. The summed E-state index contributed by atoms with van der Waals surface area (Å²) >= 11 is 0. The summed E-state index contributed by atoms with van der Waals surface area (Å²) in [4.78, 5) is 16.9. The number of benzene rings is 1. The largest absolute Gasteiger partial charge is 0.494 e. The van der Waals surface area contributed by atoms with Crippen molar-refractivity contribution in [3.8, 4) is 17.1 Å². The Morgan fingerprint density at radius 1 is 1.28 bits per heavy atom. The van der Waals surface area contributed by atoms with Gasteiger partial charge in [0.2, 0.25) is 0 Å². The van der Waals surface area contributed by atoms with E-state index in [9.17, 15) is 4.39 Å². The van der Waals surface area contributed by atoms with Gasteiger partial charge in [0.15, 0.2) is 11.6 Å². The normalized spacial score (nSPS) is 18.0. The zero-order valence-corrected chi connectivity index (χ0v) is 15.9. The van der Waals surface area contributed by atoms with Crippen LogP contribution in [0.3, 0.4) is 0 Å². The van der Waals surface area contributed by atoms with Crippen LogP contribution in [0.15, 0.2) is 55.1 Å². The van der Waals surface area contributed by atoms with E-state index in [1.54, 1.807) is 18.3 Å². The Hall–Kier alpha value is -3.26. The van der Waals surface area contributed by atoms with Crippen LogP contribution in [-0.2, 0) is 16.0 Å². The predicted octanol–water partition coefficient (Wildman–Crippen LogP) is 3.22. The highest BCUT2D eigenvalue weighted by molar-refractivity contribution is 5.58. The second-order valence-corrected chi connectivity index (χ2v) is 6.54. The summed E-state index contributed by atoms with van der Waals surface area (Å²) in [5, 5.41) is 6.89. The molecule has 0 spiro atoms. The minimum atomic E-state index is -0.380. The van der Waals surface area contributed by atoms with E-state index < -0.39 is 0 Å². The number of aromatic nitrogens is 3. The van der Waals surface area contributed by atoms with Crippen molar-refractivity contribution in [2.24, 2.45) is 5.92 Å². The molecule has 1 aliphatic rings. The molecule has 0 saturated carbocycles. The Morgan fingerprint density at radius 3 is 2.76 bits per heavy atom. The molecule has 0 amide bonds. The summed E-state index contributed by atoms with van der Waals surface area (Å²) in [6, 6.07) is 9.07. The van der Waals surface area contributed by atoms with Gasteiger partial charge >= 0.3 is 0 Å². The van der Waals surface area contributed by atoms with Gasteiger partial charge in [0.25, 0.3) is 6.47 Å². The molecule has 3 aromatic rings. The maximum atomic E-state index is 13.7. The lowest BCUT2D eigenvalue weighted by Crippen LogP contribution is -2.20. The summed E-state index contributed by atoms with van der Waals surface area (Å²) in [5.74, 6) is 0.966. The van der Waals surface area contributed by atoms with E-state index >= 15 is 0 Å². The lowest BCUT2D eigenvalue weighted by Gasteiger charge is -2.21. The molecule has 152 valence electrons. The topological polar surface area (TPSA) is 86.5 Å². The molecule has 29 heavy (non-hydrogen) atoms. The highest BCUT2D eigenvalue weighted by atomic mass is 19.1. The molecule has 2 aromatic heterocycles. The molecule has 1 aliphatic heterocycles. The number of hydrogen-bond donors (Lipinski definition) is 1. The number of methoxy groups -OCH3 is 1. The van der Waals surface area contributed by atoms with E-state index in [4.69, 9.17) is 19.4 Å². The van der Waals surface area contributed by atoms with Gasteiger partial charge in [-0.25, -0.2) is 9.37 Å². The van der Waals surface area contributed by atoms with Gasteiger partial charge in [0.1, 0.15) is 5.82 Å². The van der Waals surface area contributed by atoms with Crippen molar-refractivity contribution in [3.63, 3.8) is 0 Å². The molecular formula is C21H22FN3O4. The smallest absolute Gasteiger partial charge is 0.290 e. The minimum Gasteiger partial charge on any atom is -0.494 e. The molecule has 0 radical (unpaired) electrons. The molecule has 7 nitrogen and oxygen atoms in total. The van der Waals surface area contributed by atoms with E-state index in [2.05, 4.69) is 14.5 Å². The van der Waals surface area contributed by atoms with E-state index in [0.717, 1.165) is 17.8 Å². The fourth-order valence-electron chi connectivity index (χ4n) is 3.51. The molecule has 3 heterocycles. The lowest BCUT2D eigenvalue weighted by molar-refractivity contribution is -0.122. The predicted molar refractivity (Wildman–Crippen MR) is 104 cm³/mol. The monoisotopic (exact) mass is 399 g/mol. The SMILES string of the molecule is COc1cc(-c2nccn2[C@@H]2COC[C@@H]2Cc2ccncc2)ccc1F.O=CO. The minimum absolute atomic E-state index is 0.178. The number of ether oxygens (including phenoxy) is 2. The van der Waals surface area contributed by atoms with Crippen molar-refractivity contribution < 1.29 is 23.8 Å². The molecule has 1 fully saturated rings. The molecule has 2 atom stereocenters. The van der Waals surface area contributed by atoms with Gasteiger partial charge in [0, 0.05) is 36.3 Å². The summed E-state index contributed by atoms with van der Waals surface area (Å²) in [6.45, 7) is 1.09. The van der Waals surface area contributed by atoms with Crippen LogP contribution in [0.1, 0.15) is 11.6 Å². The highest BCUT2D eigenvalue weighted by Crippen LogP contribution is 2.33. The number of carboxylic acid groups (broad SMARTS) is 1. The maximum Gasteiger partial charge on any atom is 0.290 e. The quantitative estimate of drug-likeness (QED) is 0.663. The number of halogens is 1. The van der Waals surface area contributed by atoms with E-state index in [1.165, 1.54) is 18.7 Å². The van der Waals surface area contributed by atoms with Crippen molar-refractivity contribution in [3.05, 3.63) is 66.5 Å². The number of pyridine rings is 1. The molecule has 0 bridgehead atoms. The number of rotatable bonds is 5. The first-order chi connectivity index (χ1) is 14.2. The standard InChI is InChI=1S/C20H20FN3O2.CH2O2/c1-25-19-11-15(2-3-17(19)21)20-23-8-9-24(20)18-13-26-12-16(18)10-14-4-6-22-7-5-14;2-1-3/h2-9,11,16,18H,10,12-13H2,1H3;1H,(H,2,3)/t16-,18+;/m0./s1. The summed E-state index contributed by atoms with van der Waals surface area (Å²) in [7, 11) is 1.46. The van der Waals surface area contributed by atoms with Gasteiger partial charge in [-0.05, 0) is 42.3 Å². The van der Waals surface area contributed by atoms with Crippen molar-refractivity contribution >= 4 is 6.47 Å². The first-order valence-electron chi connectivity index (χ1n) is 9.09. The second kappa shape index (κ2) is 9.79. The Morgan fingerprint density at radius 2 is 2.03 bits per heavy atom. The molecular weight excluding hydrogens is 377 g/mol. The van der Waals surface area contributed by atoms with Crippen molar-refractivity contribution in [1.82, 2.24) is 14.5 Å². The molecule has 1 aromatic carbocycles. The summed E-state index contributed by atoms with van der Waals surface area (Å²) in [6.07, 6.45) is 8.27. The summed E-state index contributed by atoms with van der Waals surface area (Å²) < 4.78 is 26.7. The average molecular weight is 399 g/mol. The Bertz CT molecular complexity index is 933. The molecule has 1 N–H and O–H groups in total. The lowest BCUT2D eigenvalue weighted by atomic mass is 9.95. The van der Waals surface area contributed by atoms with Crippen LogP contribution in [0.25, 0.3) is 11.4 Å². The van der Waals surface area contributed by atoms with Crippen molar-refractivity contribution in [2.75, 3.05) is 20.3 Å². The first kappa shape index (κ1) is 20.5. The third-order valence-corrected chi connectivity index (χ3v) is 4.85. The molecule has 8 heteroatoms. The fraction of sp³-hybridized carbons (Fsp3) is 0.286. The van der Waals surface area contributed by atoms with Crippen LogP contribution >= 0.6 is 0 Å². The van der Waals surface area contributed by atoms with Crippen LogP contribution in [0.5, 0.6) is 5.75 Å². The van der Waals surface area contributed by atoms with Crippen LogP contribution in [0.2, 0.25) is 0 Å². The number of hydrogen-bond acceptors (Lipinski definition) is 5. The van der Waals surface area contributed by atoms with E-state index in [1.807, 2.05) is 30.7 Å². The molecule has 0 unspecified atom stereocenters. The van der Waals surface area contributed by atoms with Gasteiger partial charge in [-0.2, -0.15) is 0 Å². The van der Waals surface area contributed by atoms with Crippen LogP contribution in [-0.4, -0.2) is 46.4 Å². The van der Waals surface area contributed by atoms with Crippen LogP contribution in [0.4, 0.5) is 4.39 Å². The van der Waals surface area contributed by atoms with E-state index in [-0.39, 0.29) is 24.1 Å². The van der Waals surface area contributed by atoms with Crippen LogP contribution < -0.4 is 4.74 Å². The molecule has 1 saturated heterocycles. The van der Waals surface area contributed by atoms with Gasteiger partial charge in [0.05, 0.1) is 26.4 Å². The van der Waals surface area contributed by atoms with Gasteiger partial charge in [-0.3, -0.25) is 9.78 Å². The fourth-order valence-corrected chi connectivity index (χ4v) is 3.51. The zero-order valence-electron chi connectivity index (χ0n) is 15.9. The number of imidazole rings is 1. The Labute approximate surface area is 167 Å². The Kier molecular flexibility index (Phi) is 6.91. The van der Waals surface area contributed by atoms with Gasteiger partial charge < -0.3 is 19.1 Å². The second-order valence-electron chi connectivity index (χ2n) is 6.54. The van der Waals surface area contributed by atoms with Crippen molar-refractivity contribution in [1.29, 1.82) is 0 Å². The number of nitrogens with zero attached hydrogens (tertiary/aromatic N) is 3. The van der Waals surface area contributed by atoms with Crippen LogP contribution in [0, 0.1) is 11.7 Å². The van der Waals surface area contributed by atoms with E-state index in [0.29, 0.717) is 19.1 Å². The first-order valence-corrected chi connectivity index (χ1v) is 9.09. The molecule has 4 rings (SSSR count). The molecule has 0 aliphatic carbocycles. The third-order valence-electron chi connectivity index (χ3n) is 4.85. The van der Waals surface area contributed by atoms with Gasteiger partial charge in [-0.1, -0.05) is 0 Å². The van der Waals surface area contributed by atoms with Gasteiger partial charge in [-0.15, -0.1) is 0 Å². The zero-order chi connectivity index (χ0) is 20.6. The highest BCUT2D eigenvalue weighted by Gasteiger charge is 2.31. The van der Waals surface area contributed by atoms with Crippen molar-refractivity contribution in [2.45, 2.75) is 12.5 Å².